The monoisotopic (exact) mass is 438 g/mol. The lowest BCUT2D eigenvalue weighted by Crippen LogP contribution is -2.48. The highest BCUT2D eigenvalue weighted by molar-refractivity contribution is 6.30. The van der Waals surface area contributed by atoms with Gasteiger partial charge in [0.2, 0.25) is 11.7 Å². The molecule has 1 aliphatic rings. The van der Waals surface area contributed by atoms with Crippen LogP contribution in [0.15, 0.2) is 52.9 Å². The Balaban J connectivity index is 1.52. The molecular weight excluding hydrogens is 416 g/mol. The van der Waals surface area contributed by atoms with Crippen molar-refractivity contribution in [2.45, 2.75) is 13.3 Å². The molecule has 0 bridgehead atoms. The molecule has 0 spiro atoms. The van der Waals surface area contributed by atoms with Crippen LogP contribution in [0.3, 0.4) is 0 Å². The van der Waals surface area contributed by atoms with Crippen molar-refractivity contribution in [3.63, 3.8) is 0 Å². The molecule has 7 nitrogen and oxygen atoms in total. The number of nitrogens with zero attached hydrogens (tertiary/aromatic N) is 3. The summed E-state index contributed by atoms with van der Waals surface area (Å²) in [5.74, 6) is 0.0187. The highest BCUT2D eigenvalue weighted by atomic mass is 35.5. The Bertz CT molecular complexity index is 1120. The quantitative estimate of drug-likeness (QED) is 0.659. The van der Waals surface area contributed by atoms with Crippen LogP contribution < -0.4 is 10.6 Å². The second-order valence-electron chi connectivity index (χ2n) is 7.51. The topological polar surface area (TPSA) is 92.7 Å². The number of halogens is 1. The minimum atomic E-state index is -0.414. The number of nitrogens with two attached hydrogens (primary N) is 1. The molecule has 2 heterocycles. The van der Waals surface area contributed by atoms with E-state index >= 15 is 0 Å². The number of hydrogen-bond donors (Lipinski definition) is 1. The second kappa shape index (κ2) is 8.81. The van der Waals surface area contributed by atoms with Gasteiger partial charge in [0.1, 0.15) is 5.69 Å². The van der Waals surface area contributed by atoms with E-state index in [1.807, 2.05) is 48.5 Å². The van der Waals surface area contributed by atoms with Gasteiger partial charge < -0.3 is 20.0 Å². The lowest BCUT2D eigenvalue weighted by Gasteiger charge is -2.35. The average Bonchev–Trinajstić information content (AvgIpc) is 3.15. The van der Waals surface area contributed by atoms with Gasteiger partial charge in [0.05, 0.1) is 6.42 Å². The molecule has 1 saturated heterocycles. The van der Waals surface area contributed by atoms with Gasteiger partial charge in [0.25, 0.3) is 5.91 Å². The van der Waals surface area contributed by atoms with Crippen molar-refractivity contribution < 1.29 is 14.0 Å². The SMILES string of the molecule is Cc1nc(-c2cccc(CC(N)=O)c2)c(C(=O)N2CCN(c3cccc(Cl)c3)CC2)o1. The van der Waals surface area contributed by atoms with E-state index in [2.05, 4.69) is 9.88 Å². The molecule has 1 fully saturated rings. The van der Waals surface area contributed by atoms with Crippen LogP contribution >= 0.6 is 11.6 Å². The molecule has 8 heteroatoms. The molecule has 0 saturated carbocycles. The number of anilines is 1. The highest BCUT2D eigenvalue weighted by Gasteiger charge is 2.28. The number of amides is 2. The molecule has 4 rings (SSSR count). The molecule has 2 aromatic carbocycles. The average molecular weight is 439 g/mol. The maximum Gasteiger partial charge on any atom is 0.292 e. The summed E-state index contributed by atoms with van der Waals surface area (Å²) in [6.45, 7) is 4.23. The van der Waals surface area contributed by atoms with Crippen LogP contribution in [-0.4, -0.2) is 47.9 Å². The Morgan fingerprint density at radius 2 is 1.84 bits per heavy atom. The summed E-state index contributed by atoms with van der Waals surface area (Å²) < 4.78 is 5.71. The number of primary amides is 1. The molecule has 1 aromatic heterocycles. The van der Waals surface area contributed by atoms with Gasteiger partial charge in [0.15, 0.2) is 5.89 Å². The van der Waals surface area contributed by atoms with Gasteiger partial charge >= 0.3 is 0 Å². The van der Waals surface area contributed by atoms with Crippen LogP contribution in [-0.2, 0) is 11.2 Å². The Kier molecular flexibility index (Phi) is 5.95. The van der Waals surface area contributed by atoms with E-state index in [0.717, 1.165) is 16.8 Å². The first kappa shape index (κ1) is 20.9. The lowest BCUT2D eigenvalue weighted by atomic mass is 10.0. The Morgan fingerprint density at radius 1 is 1.10 bits per heavy atom. The third-order valence-electron chi connectivity index (χ3n) is 5.25. The van der Waals surface area contributed by atoms with E-state index in [4.69, 9.17) is 21.8 Å². The van der Waals surface area contributed by atoms with E-state index in [1.54, 1.807) is 11.8 Å². The Morgan fingerprint density at radius 3 is 2.55 bits per heavy atom. The van der Waals surface area contributed by atoms with Crippen LogP contribution in [0.1, 0.15) is 22.0 Å². The lowest BCUT2D eigenvalue weighted by molar-refractivity contribution is -0.117. The summed E-state index contributed by atoms with van der Waals surface area (Å²) in [5, 5.41) is 0.691. The van der Waals surface area contributed by atoms with Crippen LogP contribution in [0.2, 0.25) is 5.02 Å². The molecule has 0 atom stereocenters. The Hall–Kier alpha value is -3.32. The maximum atomic E-state index is 13.2. The summed E-state index contributed by atoms with van der Waals surface area (Å²) in [6.07, 6.45) is 0.124. The molecule has 0 aliphatic carbocycles. The van der Waals surface area contributed by atoms with Crippen molar-refractivity contribution in [3.8, 4) is 11.3 Å². The number of carbonyl (C=O) groups is 2. The molecule has 2 N–H and O–H groups in total. The minimum absolute atomic E-state index is 0.124. The largest absolute Gasteiger partial charge is 0.435 e. The number of oxazole rings is 1. The van der Waals surface area contributed by atoms with E-state index in [1.165, 1.54) is 0 Å². The number of benzene rings is 2. The van der Waals surface area contributed by atoms with E-state index < -0.39 is 5.91 Å². The van der Waals surface area contributed by atoms with Gasteiger partial charge in [-0.3, -0.25) is 9.59 Å². The number of hydrogen-bond acceptors (Lipinski definition) is 5. The first-order valence-electron chi connectivity index (χ1n) is 10.1. The van der Waals surface area contributed by atoms with Crippen molar-refractivity contribution >= 4 is 29.1 Å². The van der Waals surface area contributed by atoms with Crippen molar-refractivity contribution in [2.75, 3.05) is 31.1 Å². The van der Waals surface area contributed by atoms with Gasteiger partial charge in [-0.15, -0.1) is 0 Å². The molecule has 2 amide bonds. The number of rotatable bonds is 5. The van der Waals surface area contributed by atoms with Crippen LogP contribution in [0.5, 0.6) is 0 Å². The zero-order chi connectivity index (χ0) is 22.0. The molecule has 3 aromatic rings. The summed E-state index contributed by atoms with van der Waals surface area (Å²) in [6, 6.07) is 15.0. The van der Waals surface area contributed by atoms with Crippen molar-refractivity contribution in [1.82, 2.24) is 9.88 Å². The first-order chi connectivity index (χ1) is 14.9. The van der Waals surface area contributed by atoms with Gasteiger partial charge in [-0.1, -0.05) is 35.9 Å². The summed E-state index contributed by atoms with van der Waals surface area (Å²) >= 11 is 6.10. The van der Waals surface area contributed by atoms with E-state index in [9.17, 15) is 9.59 Å². The Labute approximate surface area is 185 Å². The predicted molar refractivity (Wildman–Crippen MR) is 119 cm³/mol. The van der Waals surface area contributed by atoms with Crippen LogP contribution in [0.4, 0.5) is 5.69 Å². The number of carbonyl (C=O) groups excluding carboxylic acids is 2. The van der Waals surface area contributed by atoms with Crippen LogP contribution in [0, 0.1) is 6.92 Å². The molecule has 160 valence electrons. The fourth-order valence-electron chi connectivity index (χ4n) is 3.78. The van der Waals surface area contributed by atoms with Crippen molar-refractivity contribution in [3.05, 3.63) is 70.8 Å². The fraction of sp³-hybridized carbons (Fsp3) is 0.261. The van der Waals surface area contributed by atoms with E-state index in [0.29, 0.717) is 42.8 Å². The smallest absolute Gasteiger partial charge is 0.292 e. The maximum absolute atomic E-state index is 13.2. The zero-order valence-electron chi connectivity index (χ0n) is 17.2. The summed E-state index contributed by atoms with van der Waals surface area (Å²) in [4.78, 5) is 32.9. The zero-order valence-corrected chi connectivity index (χ0v) is 17.9. The number of aryl methyl sites for hydroxylation is 1. The summed E-state index contributed by atoms with van der Waals surface area (Å²) in [5.41, 5.74) is 8.31. The van der Waals surface area contributed by atoms with E-state index in [-0.39, 0.29) is 18.1 Å². The third kappa shape index (κ3) is 4.72. The minimum Gasteiger partial charge on any atom is -0.435 e. The normalized spacial score (nSPS) is 14.0. The molecular formula is C23H23ClN4O3. The number of aromatic nitrogens is 1. The first-order valence-corrected chi connectivity index (χ1v) is 10.4. The van der Waals surface area contributed by atoms with Gasteiger partial charge in [0, 0.05) is 49.4 Å². The molecule has 0 unspecified atom stereocenters. The third-order valence-corrected chi connectivity index (χ3v) is 5.48. The fourth-order valence-corrected chi connectivity index (χ4v) is 3.97. The number of piperazine rings is 1. The molecule has 0 radical (unpaired) electrons. The second-order valence-corrected chi connectivity index (χ2v) is 7.95. The predicted octanol–water partition coefficient (Wildman–Crippen LogP) is 3.29. The molecule has 31 heavy (non-hydrogen) atoms. The summed E-state index contributed by atoms with van der Waals surface area (Å²) in [7, 11) is 0. The van der Waals surface area contributed by atoms with Crippen molar-refractivity contribution in [2.24, 2.45) is 5.73 Å². The van der Waals surface area contributed by atoms with Crippen LogP contribution in [0.25, 0.3) is 11.3 Å². The standard InChI is InChI=1S/C23H23ClN4O3/c1-15-26-21(17-5-2-4-16(12-17)13-20(25)29)22(31-15)23(30)28-10-8-27(9-11-28)19-7-3-6-18(24)14-19/h2-7,12,14H,8-11,13H2,1H3,(H2,25,29). The van der Waals surface area contributed by atoms with Gasteiger partial charge in [-0.05, 0) is 29.8 Å². The van der Waals surface area contributed by atoms with Gasteiger partial charge in [-0.2, -0.15) is 0 Å². The van der Waals surface area contributed by atoms with Gasteiger partial charge in [-0.25, -0.2) is 4.98 Å². The van der Waals surface area contributed by atoms with Crippen molar-refractivity contribution in [1.29, 1.82) is 0 Å². The molecule has 1 aliphatic heterocycles. The highest BCUT2D eigenvalue weighted by Crippen LogP contribution is 2.27.